The molecule has 1 aromatic rings. The van der Waals surface area contributed by atoms with E-state index in [4.69, 9.17) is 23.2 Å². The minimum atomic E-state index is -3.41. The van der Waals surface area contributed by atoms with Crippen molar-refractivity contribution in [3.8, 4) is 0 Å². The van der Waals surface area contributed by atoms with E-state index in [1.807, 2.05) is 7.05 Å². The van der Waals surface area contributed by atoms with E-state index >= 15 is 0 Å². The molecule has 0 aliphatic carbocycles. The molecule has 0 aromatic heterocycles. The van der Waals surface area contributed by atoms with E-state index in [0.29, 0.717) is 22.2 Å². The summed E-state index contributed by atoms with van der Waals surface area (Å²) < 4.78 is 26.1. The first kappa shape index (κ1) is 15.7. The minimum Gasteiger partial charge on any atom is -0.320 e. The van der Waals surface area contributed by atoms with Gasteiger partial charge in [0.1, 0.15) is 0 Å². The largest absolute Gasteiger partial charge is 0.320 e. The molecule has 0 saturated heterocycles. The smallest absolute Gasteiger partial charge is 0.215 e. The van der Waals surface area contributed by atoms with Crippen molar-refractivity contribution in [2.75, 3.05) is 20.1 Å². The summed E-state index contributed by atoms with van der Waals surface area (Å²) in [6.07, 6.45) is 0.728. The molecule has 1 rings (SSSR count). The zero-order valence-corrected chi connectivity index (χ0v) is 12.4. The fraction of sp³-hybridized carbons (Fsp3) is 0.455. The molecule has 0 saturated carbocycles. The summed E-state index contributed by atoms with van der Waals surface area (Å²) in [6, 6.07) is 4.93. The number of hydrogen-bond donors (Lipinski definition) is 2. The molecule has 0 fully saturated rings. The molecule has 102 valence electrons. The Morgan fingerprint density at radius 2 is 1.78 bits per heavy atom. The van der Waals surface area contributed by atoms with E-state index in [2.05, 4.69) is 10.0 Å². The maximum Gasteiger partial charge on any atom is 0.215 e. The summed E-state index contributed by atoms with van der Waals surface area (Å²) in [7, 11) is -1.59. The molecule has 0 atom stereocenters. The van der Waals surface area contributed by atoms with Gasteiger partial charge in [0.2, 0.25) is 10.0 Å². The highest BCUT2D eigenvalue weighted by atomic mass is 35.5. The average molecular weight is 311 g/mol. The highest BCUT2D eigenvalue weighted by molar-refractivity contribution is 7.88. The normalized spacial score (nSPS) is 11.7. The number of hydrogen-bond acceptors (Lipinski definition) is 3. The van der Waals surface area contributed by atoms with Crippen LogP contribution in [-0.2, 0) is 15.8 Å². The standard InChI is InChI=1S/C11H16Cl2N2O2S/c1-14-6-3-7-15-18(16,17)8-9-10(12)4-2-5-11(9)13/h2,4-5,14-15H,3,6-8H2,1H3. The van der Waals surface area contributed by atoms with E-state index in [9.17, 15) is 8.42 Å². The lowest BCUT2D eigenvalue weighted by Gasteiger charge is -2.09. The Hall–Kier alpha value is -0.330. The lowest BCUT2D eigenvalue weighted by Crippen LogP contribution is -2.28. The van der Waals surface area contributed by atoms with Crippen molar-refractivity contribution in [2.24, 2.45) is 0 Å². The monoisotopic (exact) mass is 310 g/mol. The van der Waals surface area contributed by atoms with Crippen LogP contribution in [0.1, 0.15) is 12.0 Å². The number of sulfonamides is 1. The van der Waals surface area contributed by atoms with E-state index in [1.54, 1.807) is 18.2 Å². The molecule has 0 amide bonds. The van der Waals surface area contributed by atoms with Crippen molar-refractivity contribution >= 4 is 33.2 Å². The first-order valence-electron chi connectivity index (χ1n) is 5.51. The van der Waals surface area contributed by atoms with Gasteiger partial charge in [0, 0.05) is 22.2 Å². The molecule has 0 radical (unpaired) electrons. The quantitative estimate of drug-likeness (QED) is 0.758. The Bertz CT molecular complexity index is 472. The van der Waals surface area contributed by atoms with E-state index in [1.165, 1.54) is 0 Å². The van der Waals surface area contributed by atoms with Crippen LogP contribution < -0.4 is 10.0 Å². The van der Waals surface area contributed by atoms with Crippen molar-refractivity contribution < 1.29 is 8.42 Å². The van der Waals surface area contributed by atoms with Crippen molar-refractivity contribution in [1.29, 1.82) is 0 Å². The molecule has 0 spiro atoms. The second-order valence-corrected chi connectivity index (χ2v) is 6.43. The fourth-order valence-corrected chi connectivity index (χ4v) is 3.34. The lowest BCUT2D eigenvalue weighted by molar-refractivity contribution is 0.576. The Morgan fingerprint density at radius 1 is 1.17 bits per heavy atom. The summed E-state index contributed by atoms with van der Waals surface area (Å²) in [5.41, 5.74) is 0.432. The molecule has 0 bridgehead atoms. The fourth-order valence-electron chi connectivity index (χ4n) is 1.40. The summed E-state index contributed by atoms with van der Waals surface area (Å²) in [6.45, 7) is 1.15. The zero-order chi connectivity index (χ0) is 13.6. The van der Waals surface area contributed by atoms with Crippen LogP contribution in [0.2, 0.25) is 10.0 Å². The third kappa shape index (κ3) is 5.12. The molecule has 0 aliphatic rings. The summed E-state index contributed by atoms with van der Waals surface area (Å²) in [4.78, 5) is 0. The van der Waals surface area contributed by atoms with E-state index in [0.717, 1.165) is 13.0 Å². The average Bonchev–Trinajstić information content (AvgIpc) is 2.30. The summed E-state index contributed by atoms with van der Waals surface area (Å²) >= 11 is 11.9. The second kappa shape index (κ2) is 7.31. The zero-order valence-electron chi connectivity index (χ0n) is 10.0. The first-order valence-corrected chi connectivity index (χ1v) is 7.92. The second-order valence-electron chi connectivity index (χ2n) is 3.81. The van der Waals surface area contributed by atoms with Crippen LogP contribution in [0.4, 0.5) is 0 Å². The Labute approximate surface area is 118 Å². The van der Waals surface area contributed by atoms with Crippen molar-refractivity contribution in [2.45, 2.75) is 12.2 Å². The molecule has 0 aliphatic heterocycles. The molecule has 2 N–H and O–H groups in total. The molecule has 4 nitrogen and oxygen atoms in total. The number of halogens is 2. The van der Waals surface area contributed by atoms with Gasteiger partial charge in [0.05, 0.1) is 5.75 Å². The Morgan fingerprint density at radius 3 is 2.33 bits per heavy atom. The molecule has 0 unspecified atom stereocenters. The van der Waals surface area contributed by atoms with Crippen molar-refractivity contribution in [1.82, 2.24) is 10.0 Å². The third-order valence-electron chi connectivity index (χ3n) is 2.32. The van der Waals surface area contributed by atoms with Crippen LogP contribution in [0.5, 0.6) is 0 Å². The van der Waals surface area contributed by atoms with Gasteiger partial charge in [-0.25, -0.2) is 13.1 Å². The predicted molar refractivity (Wildman–Crippen MR) is 75.6 cm³/mol. The van der Waals surface area contributed by atoms with Crippen LogP contribution in [0, 0.1) is 0 Å². The van der Waals surface area contributed by atoms with Gasteiger partial charge in [-0.2, -0.15) is 0 Å². The molecule has 18 heavy (non-hydrogen) atoms. The number of rotatable bonds is 7. The Balaban J connectivity index is 2.65. The lowest BCUT2D eigenvalue weighted by atomic mass is 10.2. The van der Waals surface area contributed by atoms with Gasteiger partial charge in [-0.15, -0.1) is 0 Å². The van der Waals surface area contributed by atoms with Crippen LogP contribution in [-0.4, -0.2) is 28.6 Å². The van der Waals surface area contributed by atoms with E-state index in [-0.39, 0.29) is 5.75 Å². The van der Waals surface area contributed by atoms with Crippen LogP contribution in [0.15, 0.2) is 18.2 Å². The molecule has 7 heteroatoms. The number of nitrogens with one attached hydrogen (secondary N) is 2. The van der Waals surface area contributed by atoms with Gasteiger partial charge in [-0.3, -0.25) is 0 Å². The van der Waals surface area contributed by atoms with Crippen molar-refractivity contribution in [3.05, 3.63) is 33.8 Å². The van der Waals surface area contributed by atoms with Crippen LogP contribution in [0.25, 0.3) is 0 Å². The predicted octanol–water partition coefficient (Wildman–Crippen LogP) is 2.02. The number of benzene rings is 1. The molecular weight excluding hydrogens is 295 g/mol. The van der Waals surface area contributed by atoms with Gasteiger partial charge in [0.25, 0.3) is 0 Å². The van der Waals surface area contributed by atoms with E-state index < -0.39 is 10.0 Å². The topological polar surface area (TPSA) is 58.2 Å². The van der Waals surface area contributed by atoms with Crippen LogP contribution in [0.3, 0.4) is 0 Å². The van der Waals surface area contributed by atoms with Gasteiger partial charge in [0.15, 0.2) is 0 Å². The molecular formula is C11H16Cl2N2O2S. The third-order valence-corrected chi connectivity index (χ3v) is 4.34. The maximum absolute atomic E-state index is 11.8. The van der Waals surface area contributed by atoms with Crippen molar-refractivity contribution in [3.63, 3.8) is 0 Å². The minimum absolute atomic E-state index is 0.203. The first-order chi connectivity index (χ1) is 8.46. The van der Waals surface area contributed by atoms with Crippen LogP contribution >= 0.6 is 23.2 Å². The van der Waals surface area contributed by atoms with Gasteiger partial charge in [-0.05, 0) is 32.1 Å². The summed E-state index contributed by atoms with van der Waals surface area (Å²) in [5.74, 6) is -0.203. The molecule has 1 aromatic carbocycles. The highest BCUT2D eigenvalue weighted by Crippen LogP contribution is 2.25. The molecule has 0 heterocycles. The maximum atomic E-state index is 11.8. The van der Waals surface area contributed by atoms with Gasteiger partial charge < -0.3 is 5.32 Å². The highest BCUT2D eigenvalue weighted by Gasteiger charge is 2.15. The van der Waals surface area contributed by atoms with Gasteiger partial charge in [-0.1, -0.05) is 29.3 Å². The van der Waals surface area contributed by atoms with Gasteiger partial charge >= 0.3 is 0 Å². The summed E-state index contributed by atoms with van der Waals surface area (Å²) in [5, 5.41) is 3.67. The Kier molecular flexibility index (Phi) is 6.38. The SMILES string of the molecule is CNCCCNS(=O)(=O)Cc1c(Cl)cccc1Cl.